The lowest BCUT2D eigenvalue weighted by Crippen LogP contribution is -2.11. The van der Waals surface area contributed by atoms with Crippen LogP contribution in [0.1, 0.15) is 18.4 Å². The van der Waals surface area contributed by atoms with Gasteiger partial charge in [0.2, 0.25) is 0 Å². The lowest BCUT2D eigenvalue weighted by Gasteiger charge is -2.14. The molecule has 2 rings (SSSR count). The topological polar surface area (TPSA) is 9.23 Å². The fraction of sp³-hybridized carbons (Fsp3) is 0.400. The predicted octanol–water partition coefficient (Wildman–Crippen LogP) is 3.22. The first-order valence-corrected chi connectivity index (χ1v) is 4.98. The van der Waals surface area contributed by atoms with Crippen LogP contribution in [0.15, 0.2) is 22.7 Å². The Bertz CT molecular complexity index is 334. The zero-order valence-corrected chi connectivity index (χ0v) is 8.90. The Balaban J connectivity index is 2.44. The van der Waals surface area contributed by atoms with E-state index in [-0.39, 0.29) is 11.4 Å². The Morgan fingerprint density at radius 2 is 2.15 bits per heavy atom. The highest BCUT2D eigenvalue weighted by Gasteiger charge is 2.46. The summed E-state index contributed by atoms with van der Waals surface area (Å²) in [4.78, 5) is 0. The highest BCUT2D eigenvalue weighted by molar-refractivity contribution is 9.10. The summed E-state index contributed by atoms with van der Waals surface area (Å²) in [6.07, 6.45) is 1.83. The maximum Gasteiger partial charge on any atom is 0.129 e. The summed E-state index contributed by atoms with van der Waals surface area (Å²) >= 11 is 3.32. The van der Waals surface area contributed by atoms with E-state index < -0.39 is 0 Å². The molecular weight excluding hydrogens is 235 g/mol. The highest BCUT2D eigenvalue weighted by Crippen LogP contribution is 2.49. The van der Waals surface area contributed by atoms with E-state index in [9.17, 15) is 4.39 Å². The van der Waals surface area contributed by atoms with Crippen LogP contribution in [-0.2, 0) is 10.3 Å². The van der Waals surface area contributed by atoms with Crippen LogP contribution in [0.3, 0.4) is 0 Å². The van der Waals surface area contributed by atoms with Crippen LogP contribution in [0.25, 0.3) is 0 Å². The fourth-order valence-electron chi connectivity index (χ4n) is 1.54. The molecule has 0 atom stereocenters. The van der Waals surface area contributed by atoms with Crippen LogP contribution in [-0.4, -0.2) is 7.11 Å². The van der Waals surface area contributed by atoms with Gasteiger partial charge in [-0.15, -0.1) is 0 Å². The molecule has 0 N–H and O–H groups in total. The zero-order chi connectivity index (χ0) is 9.47. The zero-order valence-electron chi connectivity index (χ0n) is 7.31. The lowest BCUT2D eigenvalue weighted by molar-refractivity contribution is 0.0756. The fourth-order valence-corrected chi connectivity index (χ4v) is 1.90. The molecule has 1 aliphatic rings. The molecule has 0 radical (unpaired) electrons. The number of rotatable bonds is 2. The van der Waals surface area contributed by atoms with Gasteiger partial charge in [0.1, 0.15) is 5.82 Å². The van der Waals surface area contributed by atoms with E-state index in [0.717, 1.165) is 17.3 Å². The van der Waals surface area contributed by atoms with Gasteiger partial charge in [-0.3, -0.25) is 0 Å². The van der Waals surface area contributed by atoms with E-state index in [4.69, 9.17) is 4.74 Å². The quantitative estimate of drug-likeness (QED) is 0.777. The Labute approximate surface area is 85.0 Å². The van der Waals surface area contributed by atoms with Crippen LogP contribution < -0.4 is 0 Å². The standard InChI is InChI=1S/C10H10BrFO/c1-13-10(4-5-10)8-6-7(11)2-3-9(8)12/h2-3,6H,4-5H2,1H3. The molecule has 0 aromatic heterocycles. The van der Waals surface area contributed by atoms with Gasteiger partial charge in [-0.2, -0.15) is 0 Å². The molecule has 0 amide bonds. The van der Waals surface area contributed by atoms with Crippen molar-refractivity contribution in [2.45, 2.75) is 18.4 Å². The molecule has 0 aliphatic heterocycles. The van der Waals surface area contributed by atoms with Crippen molar-refractivity contribution in [3.05, 3.63) is 34.1 Å². The van der Waals surface area contributed by atoms with Crippen LogP contribution in [0, 0.1) is 5.82 Å². The highest BCUT2D eigenvalue weighted by atomic mass is 79.9. The van der Waals surface area contributed by atoms with E-state index in [1.807, 2.05) is 0 Å². The van der Waals surface area contributed by atoms with E-state index in [1.54, 1.807) is 19.2 Å². The molecule has 3 heteroatoms. The summed E-state index contributed by atoms with van der Waals surface area (Å²) in [5.74, 6) is -0.178. The van der Waals surface area contributed by atoms with Crippen molar-refractivity contribution >= 4 is 15.9 Å². The van der Waals surface area contributed by atoms with Gasteiger partial charge in [-0.05, 0) is 31.0 Å². The third-order valence-electron chi connectivity index (χ3n) is 2.51. The molecule has 1 aromatic carbocycles. The third-order valence-corrected chi connectivity index (χ3v) is 3.01. The molecule has 0 spiro atoms. The molecule has 0 saturated heterocycles. The number of methoxy groups -OCH3 is 1. The van der Waals surface area contributed by atoms with Gasteiger partial charge in [0.25, 0.3) is 0 Å². The maximum atomic E-state index is 13.4. The Hall–Kier alpha value is -0.410. The minimum absolute atomic E-state index is 0.178. The van der Waals surface area contributed by atoms with E-state index in [1.165, 1.54) is 6.07 Å². The summed E-state index contributed by atoms with van der Waals surface area (Å²) in [6.45, 7) is 0. The summed E-state index contributed by atoms with van der Waals surface area (Å²) in [7, 11) is 1.63. The molecule has 1 fully saturated rings. The number of benzene rings is 1. The van der Waals surface area contributed by atoms with Crippen LogP contribution in [0.2, 0.25) is 0 Å². The van der Waals surface area contributed by atoms with Crippen molar-refractivity contribution in [2.75, 3.05) is 7.11 Å². The van der Waals surface area contributed by atoms with Gasteiger partial charge in [0.15, 0.2) is 0 Å². The normalized spacial score (nSPS) is 18.7. The predicted molar refractivity (Wildman–Crippen MR) is 52.0 cm³/mol. The Kier molecular flexibility index (Phi) is 2.16. The van der Waals surface area contributed by atoms with Crippen molar-refractivity contribution in [3.63, 3.8) is 0 Å². The minimum atomic E-state index is -0.339. The maximum absolute atomic E-state index is 13.4. The van der Waals surface area contributed by atoms with Crippen molar-refractivity contribution in [1.82, 2.24) is 0 Å². The molecule has 0 bridgehead atoms. The van der Waals surface area contributed by atoms with Crippen LogP contribution in [0.4, 0.5) is 4.39 Å². The van der Waals surface area contributed by atoms with E-state index >= 15 is 0 Å². The van der Waals surface area contributed by atoms with Gasteiger partial charge < -0.3 is 4.74 Å². The van der Waals surface area contributed by atoms with Crippen molar-refractivity contribution < 1.29 is 9.13 Å². The third kappa shape index (κ3) is 1.51. The van der Waals surface area contributed by atoms with Crippen LogP contribution in [0.5, 0.6) is 0 Å². The monoisotopic (exact) mass is 244 g/mol. The van der Waals surface area contributed by atoms with Crippen molar-refractivity contribution in [1.29, 1.82) is 0 Å². The molecule has 70 valence electrons. The molecule has 0 heterocycles. The van der Waals surface area contributed by atoms with Crippen LogP contribution >= 0.6 is 15.9 Å². The lowest BCUT2D eigenvalue weighted by atomic mass is 10.1. The first-order chi connectivity index (χ1) is 6.18. The molecular formula is C10H10BrFO. The minimum Gasteiger partial charge on any atom is -0.373 e. The largest absolute Gasteiger partial charge is 0.373 e. The molecule has 1 aliphatic carbocycles. The molecule has 1 saturated carbocycles. The Morgan fingerprint density at radius 3 is 2.69 bits per heavy atom. The smallest absolute Gasteiger partial charge is 0.129 e. The average Bonchev–Trinajstić information content (AvgIpc) is 2.90. The van der Waals surface area contributed by atoms with Gasteiger partial charge in [0, 0.05) is 17.1 Å². The van der Waals surface area contributed by atoms with Crippen molar-refractivity contribution in [3.8, 4) is 0 Å². The summed E-state index contributed by atoms with van der Waals surface area (Å²) in [5.41, 5.74) is 0.331. The molecule has 1 aromatic rings. The SMILES string of the molecule is COC1(c2cc(Br)ccc2F)CC1. The number of halogens is 2. The first kappa shape index (κ1) is 9.16. The first-order valence-electron chi connectivity index (χ1n) is 4.19. The number of hydrogen-bond acceptors (Lipinski definition) is 1. The average molecular weight is 245 g/mol. The second-order valence-corrected chi connectivity index (χ2v) is 4.24. The summed E-state index contributed by atoms with van der Waals surface area (Å²) in [5, 5.41) is 0. The van der Waals surface area contributed by atoms with Crippen molar-refractivity contribution in [2.24, 2.45) is 0 Å². The second-order valence-electron chi connectivity index (χ2n) is 3.32. The summed E-state index contributed by atoms with van der Waals surface area (Å²) in [6, 6.07) is 4.97. The summed E-state index contributed by atoms with van der Waals surface area (Å²) < 4.78 is 19.6. The Morgan fingerprint density at radius 1 is 1.46 bits per heavy atom. The molecule has 13 heavy (non-hydrogen) atoms. The van der Waals surface area contributed by atoms with E-state index in [2.05, 4.69) is 15.9 Å². The second kappa shape index (κ2) is 3.07. The number of ether oxygens (including phenoxy) is 1. The van der Waals surface area contributed by atoms with Gasteiger partial charge >= 0.3 is 0 Å². The van der Waals surface area contributed by atoms with Gasteiger partial charge in [-0.1, -0.05) is 15.9 Å². The van der Waals surface area contributed by atoms with E-state index in [0.29, 0.717) is 5.56 Å². The molecule has 0 unspecified atom stereocenters. The van der Waals surface area contributed by atoms with Gasteiger partial charge in [-0.25, -0.2) is 4.39 Å². The van der Waals surface area contributed by atoms with Gasteiger partial charge in [0.05, 0.1) is 5.60 Å². The molecule has 1 nitrogen and oxygen atoms in total. The number of hydrogen-bond donors (Lipinski definition) is 0.